The number of aromatic nitrogens is 1. The molecular formula is C12H12BrN3O2S. The van der Waals surface area contributed by atoms with E-state index in [2.05, 4.69) is 31.0 Å². The van der Waals surface area contributed by atoms with Gasteiger partial charge in [-0.15, -0.1) is 0 Å². The van der Waals surface area contributed by atoms with E-state index in [-0.39, 0.29) is 4.90 Å². The average molecular weight is 342 g/mol. The Hall–Kier alpha value is -1.60. The third kappa shape index (κ3) is 3.45. The molecule has 0 saturated heterocycles. The Balaban J connectivity index is 2.29. The van der Waals surface area contributed by atoms with Crippen molar-refractivity contribution in [2.45, 2.75) is 4.90 Å². The van der Waals surface area contributed by atoms with Crippen LogP contribution in [0, 0.1) is 0 Å². The van der Waals surface area contributed by atoms with Gasteiger partial charge in [-0.2, -0.15) is 0 Å². The fraction of sp³-hybridized carbons (Fsp3) is 0.0833. The highest BCUT2D eigenvalue weighted by Gasteiger charge is 2.14. The van der Waals surface area contributed by atoms with Crippen LogP contribution in [0.15, 0.2) is 52.0 Å². The second-order valence-corrected chi connectivity index (χ2v) is 6.34. The third-order valence-corrected chi connectivity index (χ3v) is 4.30. The van der Waals surface area contributed by atoms with E-state index < -0.39 is 10.0 Å². The van der Waals surface area contributed by atoms with Crippen LogP contribution < -0.4 is 10.0 Å². The maximum absolute atomic E-state index is 12.2. The largest absolute Gasteiger partial charge is 0.373 e. The van der Waals surface area contributed by atoms with Crippen LogP contribution in [-0.4, -0.2) is 20.4 Å². The van der Waals surface area contributed by atoms with Gasteiger partial charge in [0.25, 0.3) is 10.0 Å². The number of hydrogen-bond acceptors (Lipinski definition) is 4. The van der Waals surface area contributed by atoms with Gasteiger partial charge in [0, 0.05) is 29.5 Å². The van der Waals surface area contributed by atoms with Crippen molar-refractivity contribution in [2.75, 3.05) is 17.1 Å². The van der Waals surface area contributed by atoms with E-state index in [9.17, 15) is 8.42 Å². The first kappa shape index (κ1) is 13.8. The lowest BCUT2D eigenvalue weighted by atomic mass is 10.3. The molecule has 0 spiro atoms. The number of halogens is 1. The van der Waals surface area contributed by atoms with E-state index in [1.165, 1.54) is 18.3 Å². The second-order valence-electron chi connectivity index (χ2n) is 3.74. The SMILES string of the molecule is CNc1cc(S(=O)(=O)Nc2ccc(Br)cc2)ccn1. The van der Waals surface area contributed by atoms with Crippen LogP contribution in [0.2, 0.25) is 0 Å². The lowest BCUT2D eigenvalue weighted by Gasteiger charge is -2.09. The molecule has 1 heterocycles. The molecule has 0 unspecified atom stereocenters. The van der Waals surface area contributed by atoms with Crippen molar-refractivity contribution in [1.82, 2.24) is 4.98 Å². The van der Waals surface area contributed by atoms with Crippen LogP contribution in [0.4, 0.5) is 11.5 Å². The third-order valence-electron chi connectivity index (χ3n) is 2.39. The summed E-state index contributed by atoms with van der Waals surface area (Å²) in [5.74, 6) is 0.499. The van der Waals surface area contributed by atoms with E-state index in [1.807, 2.05) is 0 Å². The molecule has 19 heavy (non-hydrogen) atoms. The highest BCUT2D eigenvalue weighted by atomic mass is 79.9. The first-order valence-corrected chi connectivity index (χ1v) is 7.71. The summed E-state index contributed by atoms with van der Waals surface area (Å²) in [6.45, 7) is 0. The van der Waals surface area contributed by atoms with Gasteiger partial charge in [0.2, 0.25) is 0 Å². The van der Waals surface area contributed by atoms with Gasteiger partial charge in [-0.25, -0.2) is 13.4 Å². The Labute approximate surface area is 120 Å². The quantitative estimate of drug-likeness (QED) is 0.896. The smallest absolute Gasteiger partial charge is 0.262 e. The number of nitrogens with one attached hydrogen (secondary N) is 2. The number of hydrogen-bond donors (Lipinski definition) is 2. The molecule has 0 radical (unpaired) electrons. The Morgan fingerprint density at radius 2 is 1.84 bits per heavy atom. The van der Waals surface area contributed by atoms with Crippen molar-refractivity contribution in [3.05, 3.63) is 47.1 Å². The molecule has 2 N–H and O–H groups in total. The normalized spacial score (nSPS) is 11.1. The summed E-state index contributed by atoms with van der Waals surface area (Å²) in [7, 11) is -1.92. The molecule has 0 saturated carbocycles. The van der Waals surface area contributed by atoms with Gasteiger partial charge in [-0.3, -0.25) is 4.72 Å². The van der Waals surface area contributed by atoms with Gasteiger partial charge in [0.15, 0.2) is 0 Å². The molecule has 0 aliphatic carbocycles. The molecule has 100 valence electrons. The Bertz CT molecular complexity index is 672. The van der Waals surface area contributed by atoms with Crippen LogP contribution in [0.3, 0.4) is 0 Å². The molecule has 0 aliphatic heterocycles. The van der Waals surface area contributed by atoms with Crippen molar-refractivity contribution < 1.29 is 8.42 Å². The maximum Gasteiger partial charge on any atom is 0.262 e. The van der Waals surface area contributed by atoms with Crippen LogP contribution in [0.5, 0.6) is 0 Å². The molecule has 0 aliphatic rings. The molecule has 0 fully saturated rings. The van der Waals surface area contributed by atoms with E-state index >= 15 is 0 Å². The number of benzene rings is 1. The van der Waals surface area contributed by atoms with Crippen LogP contribution in [-0.2, 0) is 10.0 Å². The molecule has 2 rings (SSSR count). The minimum Gasteiger partial charge on any atom is -0.373 e. The zero-order chi connectivity index (χ0) is 13.9. The monoisotopic (exact) mass is 341 g/mol. The summed E-state index contributed by atoms with van der Waals surface area (Å²) < 4.78 is 27.7. The van der Waals surface area contributed by atoms with E-state index in [0.717, 1.165) is 4.47 Å². The average Bonchev–Trinajstić information content (AvgIpc) is 2.41. The summed E-state index contributed by atoms with van der Waals surface area (Å²) >= 11 is 3.30. The van der Waals surface area contributed by atoms with Gasteiger partial charge < -0.3 is 5.32 Å². The topological polar surface area (TPSA) is 71.1 Å². The molecule has 5 nitrogen and oxygen atoms in total. The minimum absolute atomic E-state index is 0.162. The molecule has 0 atom stereocenters. The summed E-state index contributed by atoms with van der Waals surface area (Å²) in [6.07, 6.45) is 1.45. The van der Waals surface area contributed by atoms with Crippen LogP contribution in [0.1, 0.15) is 0 Å². The van der Waals surface area contributed by atoms with Crippen LogP contribution in [0.25, 0.3) is 0 Å². The first-order valence-electron chi connectivity index (χ1n) is 5.43. The fourth-order valence-corrected chi connectivity index (χ4v) is 2.78. The second kappa shape index (κ2) is 5.58. The highest BCUT2D eigenvalue weighted by Crippen LogP contribution is 2.19. The summed E-state index contributed by atoms with van der Waals surface area (Å²) in [4.78, 5) is 4.14. The van der Waals surface area contributed by atoms with Gasteiger partial charge in [-0.1, -0.05) is 15.9 Å². The first-order chi connectivity index (χ1) is 9.01. The van der Waals surface area contributed by atoms with Gasteiger partial charge >= 0.3 is 0 Å². The summed E-state index contributed by atoms with van der Waals surface area (Å²) in [5, 5.41) is 2.80. The molecule has 1 aromatic carbocycles. The van der Waals surface area contributed by atoms with E-state index in [4.69, 9.17) is 0 Å². The molecular weight excluding hydrogens is 330 g/mol. The minimum atomic E-state index is -3.60. The lowest BCUT2D eigenvalue weighted by Crippen LogP contribution is -2.13. The highest BCUT2D eigenvalue weighted by molar-refractivity contribution is 9.10. The predicted octanol–water partition coefficient (Wildman–Crippen LogP) is 2.69. The van der Waals surface area contributed by atoms with E-state index in [0.29, 0.717) is 11.5 Å². The number of rotatable bonds is 4. The maximum atomic E-state index is 12.2. The number of pyridine rings is 1. The standard InChI is InChI=1S/C12H12BrN3O2S/c1-14-12-8-11(6-7-15-12)19(17,18)16-10-4-2-9(13)3-5-10/h2-8,16H,1H3,(H,14,15). The van der Waals surface area contributed by atoms with Gasteiger partial charge in [0.05, 0.1) is 4.90 Å². The Morgan fingerprint density at radius 1 is 1.16 bits per heavy atom. The summed E-state index contributed by atoms with van der Waals surface area (Å²) in [5.41, 5.74) is 0.506. The zero-order valence-corrected chi connectivity index (χ0v) is 12.5. The molecule has 0 bridgehead atoms. The number of nitrogens with zero attached hydrogens (tertiary/aromatic N) is 1. The lowest BCUT2D eigenvalue weighted by molar-refractivity contribution is 0.601. The van der Waals surface area contributed by atoms with Gasteiger partial charge in [-0.05, 0) is 30.3 Å². The Kier molecular flexibility index (Phi) is 4.06. The predicted molar refractivity (Wildman–Crippen MR) is 78.7 cm³/mol. The van der Waals surface area contributed by atoms with Crippen molar-refractivity contribution in [1.29, 1.82) is 0 Å². The molecule has 7 heteroatoms. The molecule has 1 aromatic heterocycles. The zero-order valence-electron chi connectivity index (χ0n) is 10.1. The van der Waals surface area contributed by atoms with Crippen LogP contribution >= 0.6 is 15.9 Å². The number of anilines is 2. The molecule has 0 amide bonds. The van der Waals surface area contributed by atoms with E-state index in [1.54, 1.807) is 31.3 Å². The summed E-state index contributed by atoms with van der Waals surface area (Å²) in [6, 6.07) is 9.82. The van der Waals surface area contributed by atoms with Gasteiger partial charge in [0.1, 0.15) is 5.82 Å². The Morgan fingerprint density at radius 3 is 2.47 bits per heavy atom. The fourth-order valence-electron chi connectivity index (χ4n) is 1.45. The number of sulfonamides is 1. The van der Waals surface area contributed by atoms with Crippen molar-refractivity contribution in [2.24, 2.45) is 0 Å². The van der Waals surface area contributed by atoms with Crippen molar-refractivity contribution in [3.8, 4) is 0 Å². The van der Waals surface area contributed by atoms with Crippen molar-refractivity contribution >= 4 is 37.5 Å². The molecule has 2 aromatic rings. The van der Waals surface area contributed by atoms with Crippen molar-refractivity contribution in [3.63, 3.8) is 0 Å².